The molecule has 0 saturated carbocycles. The highest BCUT2D eigenvalue weighted by Crippen LogP contribution is 2.10. The first-order valence-electron chi connectivity index (χ1n) is 5.50. The summed E-state index contributed by atoms with van der Waals surface area (Å²) in [5.41, 5.74) is 3.72. The van der Waals surface area contributed by atoms with Gasteiger partial charge in [-0.2, -0.15) is 5.10 Å². The number of hydrazone groups is 1. The quantitative estimate of drug-likeness (QED) is 0.505. The number of amides is 1. The minimum atomic E-state index is -0.306. The average molecular weight is 368 g/mol. The minimum Gasteiger partial charge on any atom is -0.267 e. The zero-order chi connectivity index (χ0) is 13.7. The van der Waals surface area contributed by atoms with Crippen LogP contribution in [0.1, 0.15) is 15.9 Å². The largest absolute Gasteiger partial charge is 0.272 e. The van der Waals surface area contributed by atoms with E-state index in [1.807, 2.05) is 12.1 Å². The van der Waals surface area contributed by atoms with Crippen LogP contribution in [0.3, 0.4) is 0 Å². The monoisotopic (exact) mass is 368 g/mol. The Labute approximate surface area is 123 Å². The highest BCUT2D eigenvalue weighted by atomic mass is 127. The van der Waals surface area contributed by atoms with Crippen molar-refractivity contribution in [2.75, 3.05) is 0 Å². The molecule has 5 heteroatoms. The molecule has 0 aliphatic heterocycles. The van der Waals surface area contributed by atoms with Crippen LogP contribution in [-0.2, 0) is 0 Å². The van der Waals surface area contributed by atoms with Gasteiger partial charge in [-0.1, -0.05) is 24.3 Å². The second-order valence-corrected chi connectivity index (χ2v) is 4.89. The molecule has 0 aromatic heterocycles. The van der Waals surface area contributed by atoms with Gasteiger partial charge in [-0.05, 0) is 52.4 Å². The topological polar surface area (TPSA) is 41.5 Å². The first-order valence-corrected chi connectivity index (χ1v) is 6.58. The van der Waals surface area contributed by atoms with Crippen molar-refractivity contribution in [2.45, 2.75) is 0 Å². The number of hydrogen-bond donors (Lipinski definition) is 1. The second-order valence-electron chi connectivity index (χ2n) is 3.73. The van der Waals surface area contributed by atoms with Crippen molar-refractivity contribution in [3.8, 4) is 0 Å². The molecule has 1 N–H and O–H groups in total. The van der Waals surface area contributed by atoms with Crippen LogP contribution in [0.25, 0.3) is 0 Å². The molecule has 0 atom stereocenters. The van der Waals surface area contributed by atoms with Crippen LogP contribution in [0.4, 0.5) is 4.39 Å². The Bertz CT molecular complexity index is 611. The van der Waals surface area contributed by atoms with E-state index >= 15 is 0 Å². The van der Waals surface area contributed by atoms with E-state index in [-0.39, 0.29) is 11.7 Å². The molecule has 2 aromatic rings. The van der Waals surface area contributed by atoms with Crippen molar-refractivity contribution in [3.63, 3.8) is 0 Å². The number of benzene rings is 2. The molecular formula is C14H10FIN2O. The Morgan fingerprint density at radius 3 is 2.53 bits per heavy atom. The maximum absolute atomic E-state index is 12.7. The maximum Gasteiger partial charge on any atom is 0.272 e. The van der Waals surface area contributed by atoms with Crippen LogP contribution in [0.5, 0.6) is 0 Å². The van der Waals surface area contributed by atoms with Crippen LogP contribution in [0, 0.1) is 9.39 Å². The average Bonchev–Trinajstić information content (AvgIpc) is 2.41. The third-order valence-electron chi connectivity index (χ3n) is 2.37. The van der Waals surface area contributed by atoms with Crippen LogP contribution < -0.4 is 5.43 Å². The zero-order valence-corrected chi connectivity index (χ0v) is 12.0. The summed E-state index contributed by atoms with van der Waals surface area (Å²) in [6, 6.07) is 13.1. The van der Waals surface area contributed by atoms with Gasteiger partial charge in [-0.25, -0.2) is 9.82 Å². The number of nitrogens with one attached hydrogen (secondary N) is 1. The molecule has 2 rings (SSSR count). The van der Waals surface area contributed by atoms with E-state index in [2.05, 4.69) is 33.1 Å². The molecule has 0 saturated heterocycles. The fourth-order valence-corrected chi connectivity index (χ4v) is 2.05. The normalized spacial score (nSPS) is 10.6. The summed E-state index contributed by atoms with van der Waals surface area (Å²) < 4.78 is 13.5. The van der Waals surface area contributed by atoms with Gasteiger partial charge in [0.1, 0.15) is 5.82 Å². The molecule has 96 valence electrons. The lowest BCUT2D eigenvalue weighted by atomic mass is 10.2. The van der Waals surface area contributed by atoms with Crippen LogP contribution in [0.2, 0.25) is 0 Å². The minimum absolute atomic E-state index is 0.275. The molecule has 0 heterocycles. The Morgan fingerprint density at radius 2 is 1.84 bits per heavy atom. The van der Waals surface area contributed by atoms with E-state index in [1.54, 1.807) is 24.3 Å². The Balaban J connectivity index is 2.01. The smallest absolute Gasteiger partial charge is 0.267 e. The lowest BCUT2D eigenvalue weighted by Crippen LogP contribution is -2.18. The molecule has 2 aromatic carbocycles. The number of rotatable bonds is 3. The van der Waals surface area contributed by atoms with Crippen molar-refractivity contribution in [1.82, 2.24) is 5.43 Å². The lowest BCUT2D eigenvalue weighted by Gasteiger charge is -2.01. The van der Waals surface area contributed by atoms with E-state index < -0.39 is 0 Å². The Kier molecular flexibility index (Phi) is 4.62. The van der Waals surface area contributed by atoms with Crippen LogP contribution in [0.15, 0.2) is 53.6 Å². The van der Waals surface area contributed by atoms with Crippen LogP contribution in [-0.4, -0.2) is 12.1 Å². The first kappa shape index (κ1) is 13.7. The number of nitrogens with zero attached hydrogens (tertiary/aromatic N) is 1. The molecule has 0 bridgehead atoms. The van der Waals surface area contributed by atoms with Gasteiger partial charge in [0.15, 0.2) is 0 Å². The van der Waals surface area contributed by atoms with Gasteiger partial charge in [-0.3, -0.25) is 4.79 Å². The molecule has 0 radical (unpaired) electrons. The molecule has 0 fully saturated rings. The van der Waals surface area contributed by atoms with Crippen molar-refractivity contribution in [1.29, 1.82) is 0 Å². The van der Waals surface area contributed by atoms with Gasteiger partial charge in [-0.15, -0.1) is 0 Å². The van der Waals surface area contributed by atoms with Gasteiger partial charge in [0.05, 0.1) is 11.8 Å². The van der Waals surface area contributed by atoms with Gasteiger partial charge in [0.25, 0.3) is 5.91 Å². The van der Waals surface area contributed by atoms with Gasteiger partial charge in [0.2, 0.25) is 0 Å². The predicted molar refractivity (Wildman–Crippen MR) is 80.6 cm³/mol. The van der Waals surface area contributed by atoms with Gasteiger partial charge in [0, 0.05) is 3.57 Å². The van der Waals surface area contributed by atoms with E-state index in [0.29, 0.717) is 11.1 Å². The van der Waals surface area contributed by atoms with E-state index in [1.165, 1.54) is 18.3 Å². The highest BCUT2D eigenvalue weighted by Gasteiger charge is 2.07. The summed E-state index contributed by atoms with van der Waals surface area (Å²) in [7, 11) is 0. The standard InChI is InChI=1S/C14H10FIN2O/c15-11-7-5-10(6-8-11)9-17-18-14(19)12-3-1-2-4-13(12)16/h1-9H,(H,18,19). The van der Waals surface area contributed by atoms with Gasteiger partial charge < -0.3 is 0 Å². The maximum atomic E-state index is 12.7. The molecule has 1 amide bonds. The lowest BCUT2D eigenvalue weighted by molar-refractivity contribution is 0.0954. The third kappa shape index (κ3) is 3.85. The molecular weight excluding hydrogens is 358 g/mol. The zero-order valence-electron chi connectivity index (χ0n) is 9.81. The fourth-order valence-electron chi connectivity index (χ4n) is 1.42. The number of halogens is 2. The van der Waals surface area contributed by atoms with E-state index in [0.717, 1.165) is 3.57 Å². The summed E-state index contributed by atoms with van der Waals surface area (Å²) in [4.78, 5) is 11.8. The van der Waals surface area contributed by atoms with Crippen molar-refractivity contribution in [3.05, 3.63) is 69.0 Å². The molecule has 0 aliphatic rings. The van der Waals surface area contributed by atoms with E-state index in [4.69, 9.17) is 0 Å². The highest BCUT2D eigenvalue weighted by molar-refractivity contribution is 14.1. The third-order valence-corrected chi connectivity index (χ3v) is 3.31. The Hall–Kier alpha value is -1.76. The summed E-state index contributed by atoms with van der Waals surface area (Å²) in [5, 5.41) is 3.84. The van der Waals surface area contributed by atoms with Gasteiger partial charge >= 0.3 is 0 Å². The summed E-state index contributed by atoms with van der Waals surface area (Å²) >= 11 is 2.09. The summed E-state index contributed by atoms with van der Waals surface area (Å²) in [6.07, 6.45) is 1.47. The number of carbonyl (C=O) groups excluding carboxylic acids is 1. The van der Waals surface area contributed by atoms with Crippen molar-refractivity contribution in [2.24, 2.45) is 5.10 Å². The number of hydrogen-bond acceptors (Lipinski definition) is 2. The van der Waals surface area contributed by atoms with E-state index in [9.17, 15) is 9.18 Å². The summed E-state index contributed by atoms with van der Waals surface area (Å²) in [6.45, 7) is 0. The molecule has 0 unspecified atom stereocenters. The van der Waals surface area contributed by atoms with Crippen molar-refractivity contribution < 1.29 is 9.18 Å². The second kappa shape index (κ2) is 6.42. The first-order chi connectivity index (χ1) is 9.16. The number of carbonyl (C=O) groups is 1. The predicted octanol–water partition coefficient (Wildman–Crippen LogP) is 3.19. The van der Waals surface area contributed by atoms with Crippen LogP contribution >= 0.6 is 22.6 Å². The van der Waals surface area contributed by atoms with Crippen molar-refractivity contribution >= 4 is 34.7 Å². The Morgan fingerprint density at radius 1 is 1.16 bits per heavy atom. The molecule has 0 aliphatic carbocycles. The molecule has 19 heavy (non-hydrogen) atoms. The summed E-state index contributed by atoms with van der Waals surface area (Å²) in [5.74, 6) is -0.580. The molecule has 3 nitrogen and oxygen atoms in total. The molecule has 0 spiro atoms. The fraction of sp³-hybridized carbons (Fsp3) is 0. The SMILES string of the molecule is O=C(NN=Cc1ccc(F)cc1)c1ccccc1I.